The van der Waals surface area contributed by atoms with E-state index in [1.54, 1.807) is 30.3 Å². The average Bonchev–Trinajstić information content (AvgIpc) is 2.84. The fourth-order valence-electron chi connectivity index (χ4n) is 3.01. The number of rotatable bonds is 6. The Morgan fingerprint density at radius 2 is 1.88 bits per heavy atom. The number of amides is 1. The van der Waals surface area contributed by atoms with E-state index in [1.165, 1.54) is 37.6 Å². The molecule has 0 radical (unpaired) electrons. The van der Waals surface area contributed by atoms with Gasteiger partial charge in [-0.15, -0.1) is 0 Å². The minimum atomic E-state index is -0.837. The van der Waals surface area contributed by atoms with Gasteiger partial charge in [-0.3, -0.25) is 4.79 Å². The van der Waals surface area contributed by atoms with Gasteiger partial charge in [0.05, 0.1) is 18.9 Å². The number of esters is 1. The number of hydrogen-bond donors (Lipinski definition) is 1. The molecule has 1 amide bonds. The molecule has 33 heavy (non-hydrogen) atoms. The summed E-state index contributed by atoms with van der Waals surface area (Å²) in [6.45, 7) is 0.0670. The molecule has 3 aromatic carbocycles. The van der Waals surface area contributed by atoms with Crippen LogP contribution in [0, 0.1) is 5.82 Å². The summed E-state index contributed by atoms with van der Waals surface area (Å²) < 4.78 is 35.1. The third kappa shape index (κ3) is 5.27. The Bertz CT molecular complexity index is 1210. The fraction of sp³-hybridized carbons (Fsp3) is 0.125. The SMILES string of the molecule is COc1cc(/C=N\NC(=O)[C@H]2COc3ccccc3O2)ccc1OC(=O)c1cccc(F)c1. The van der Waals surface area contributed by atoms with E-state index in [2.05, 4.69) is 10.5 Å². The molecule has 168 valence electrons. The highest BCUT2D eigenvalue weighted by molar-refractivity contribution is 5.91. The first-order chi connectivity index (χ1) is 16.0. The van der Waals surface area contributed by atoms with Gasteiger partial charge in [0.1, 0.15) is 12.4 Å². The summed E-state index contributed by atoms with van der Waals surface area (Å²) in [5.41, 5.74) is 3.05. The van der Waals surface area contributed by atoms with E-state index in [0.717, 1.165) is 6.07 Å². The van der Waals surface area contributed by atoms with Gasteiger partial charge in [0.15, 0.2) is 23.0 Å². The monoisotopic (exact) mass is 450 g/mol. The van der Waals surface area contributed by atoms with Crippen LogP contribution in [-0.4, -0.2) is 37.9 Å². The minimum Gasteiger partial charge on any atom is -0.493 e. The third-order valence-corrected chi connectivity index (χ3v) is 4.64. The van der Waals surface area contributed by atoms with Crippen molar-refractivity contribution in [2.24, 2.45) is 5.10 Å². The quantitative estimate of drug-likeness (QED) is 0.268. The molecule has 0 aliphatic carbocycles. The molecule has 0 saturated heterocycles. The highest BCUT2D eigenvalue weighted by atomic mass is 19.1. The molecule has 1 atom stereocenters. The molecular weight excluding hydrogens is 431 g/mol. The summed E-state index contributed by atoms with van der Waals surface area (Å²) in [6.07, 6.45) is 0.562. The number of nitrogens with zero attached hydrogens (tertiary/aromatic N) is 1. The smallest absolute Gasteiger partial charge is 0.343 e. The molecule has 1 aliphatic heterocycles. The summed E-state index contributed by atoms with van der Waals surface area (Å²) in [5.74, 6) is -0.253. The summed E-state index contributed by atoms with van der Waals surface area (Å²) in [6, 6.07) is 16.9. The molecular formula is C24H19FN2O6. The van der Waals surface area contributed by atoms with Gasteiger partial charge in [-0.05, 0) is 54.1 Å². The van der Waals surface area contributed by atoms with E-state index in [1.807, 2.05) is 6.07 Å². The molecule has 4 rings (SSSR count). The maximum atomic E-state index is 13.3. The molecule has 8 nitrogen and oxygen atoms in total. The first kappa shape index (κ1) is 21.8. The van der Waals surface area contributed by atoms with Gasteiger partial charge in [-0.2, -0.15) is 5.10 Å². The number of fused-ring (bicyclic) bond motifs is 1. The topological polar surface area (TPSA) is 95.5 Å². The zero-order valence-electron chi connectivity index (χ0n) is 17.5. The van der Waals surface area contributed by atoms with E-state index in [-0.39, 0.29) is 23.7 Å². The van der Waals surface area contributed by atoms with Gasteiger partial charge in [0.2, 0.25) is 6.10 Å². The molecule has 3 aromatic rings. The molecule has 9 heteroatoms. The van der Waals surface area contributed by atoms with Gasteiger partial charge in [0.25, 0.3) is 5.91 Å². The lowest BCUT2D eigenvalue weighted by molar-refractivity contribution is -0.130. The fourth-order valence-corrected chi connectivity index (χ4v) is 3.01. The molecule has 0 spiro atoms. The molecule has 0 saturated carbocycles. The van der Waals surface area contributed by atoms with Crippen molar-refractivity contribution in [1.82, 2.24) is 5.43 Å². The van der Waals surface area contributed by atoms with Crippen molar-refractivity contribution in [3.63, 3.8) is 0 Å². The molecule has 0 unspecified atom stereocenters. The lowest BCUT2D eigenvalue weighted by Gasteiger charge is -2.24. The number of nitrogens with one attached hydrogen (secondary N) is 1. The minimum absolute atomic E-state index is 0.0670. The van der Waals surface area contributed by atoms with Crippen molar-refractivity contribution in [3.8, 4) is 23.0 Å². The average molecular weight is 450 g/mol. The van der Waals surface area contributed by atoms with E-state index < -0.39 is 23.8 Å². The Morgan fingerprint density at radius 1 is 1.06 bits per heavy atom. The second-order valence-electron chi connectivity index (χ2n) is 6.91. The predicted molar refractivity (Wildman–Crippen MR) is 116 cm³/mol. The summed E-state index contributed by atoms with van der Waals surface area (Å²) in [7, 11) is 1.41. The van der Waals surface area contributed by atoms with Gasteiger partial charge in [-0.25, -0.2) is 14.6 Å². The lowest BCUT2D eigenvalue weighted by atomic mass is 10.2. The summed E-state index contributed by atoms with van der Waals surface area (Å²) in [4.78, 5) is 24.6. The number of halogens is 1. The number of hydrogen-bond acceptors (Lipinski definition) is 7. The third-order valence-electron chi connectivity index (χ3n) is 4.64. The van der Waals surface area contributed by atoms with Crippen LogP contribution in [0.2, 0.25) is 0 Å². The molecule has 0 fully saturated rings. The van der Waals surface area contributed by atoms with Crippen molar-refractivity contribution < 1.29 is 32.9 Å². The molecule has 1 aliphatic rings. The number of para-hydroxylation sites is 2. The largest absolute Gasteiger partial charge is 0.493 e. The molecule has 0 aromatic heterocycles. The Morgan fingerprint density at radius 3 is 2.67 bits per heavy atom. The van der Waals surface area contributed by atoms with Gasteiger partial charge < -0.3 is 18.9 Å². The maximum Gasteiger partial charge on any atom is 0.343 e. The lowest BCUT2D eigenvalue weighted by Crippen LogP contribution is -2.42. The zero-order chi connectivity index (χ0) is 23.2. The number of carbonyl (C=O) groups is 2. The van der Waals surface area contributed by atoms with Crippen molar-refractivity contribution in [1.29, 1.82) is 0 Å². The van der Waals surface area contributed by atoms with Crippen molar-refractivity contribution in [2.45, 2.75) is 6.10 Å². The molecule has 0 bridgehead atoms. The Balaban J connectivity index is 1.37. The van der Waals surface area contributed by atoms with Gasteiger partial charge in [-0.1, -0.05) is 18.2 Å². The van der Waals surface area contributed by atoms with Crippen molar-refractivity contribution in [3.05, 3.63) is 83.7 Å². The highest BCUT2D eigenvalue weighted by Crippen LogP contribution is 2.31. The predicted octanol–water partition coefficient (Wildman–Crippen LogP) is 3.34. The van der Waals surface area contributed by atoms with Crippen LogP contribution in [0.3, 0.4) is 0 Å². The van der Waals surface area contributed by atoms with Crippen molar-refractivity contribution in [2.75, 3.05) is 13.7 Å². The standard InChI is InChI=1S/C24H19FN2O6/c1-30-21-11-15(9-10-20(21)33-24(29)16-5-4-6-17(25)12-16)13-26-27-23(28)22-14-31-18-7-2-3-8-19(18)32-22/h2-13,22H,14H2,1H3,(H,27,28)/b26-13-/t22-/m1/s1. The number of methoxy groups -OCH3 is 1. The van der Waals surface area contributed by atoms with Crippen LogP contribution in [0.1, 0.15) is 15.9 Å². The second-order valence-corrected chi connectivity index (χ2v) is 6.91. The van der Waals surface area contributed by atoms with E-state index in [0.29, 0.717) is 17.1 Å². The van der Waals surface area contributed by atoms with Crippen LogP contribution in [-0.2, 0) is 4.79 Å². The Hall–Kier alpha value is -4.40. The van der Waals surface area contributed by atoms with Crippen LogP contribution in [0.15, 0.2) is 71.8 Å². The number of hydrazone groups is 1. The Kier molecular flexibility index (Phi) is 6.49. The highest BCUT2D eigenvalue weighted by Gasteiger charge is 2.27. The van der Waals surface area contributed by atoms with E-state index >= 15 is 0 Å². The van der Waals surface area contributed by atoms with Crippen LogP contribution >= 0.6 is 0 Å². The van der Waals surface area contributed by atoms with Crippen LogP contribution in [0.5, 0.6) is 23.0 Å². The normalized spacial score (nSPS) is 14.5. The van der Waals surface area contributed by atoms with Crippen molar-refractivity contribution >= 4 is 18.1 Å². The van der Waals surface area contributed by atoms with E-state index in [9.17, 15) is 14.0 Å². The van der Waals surface area contributed by atoms with Crippen LogP contribution in [0.25, 0.3) is 0 Å². The summed E-state index contributed by atoms with van der Waals surface area (Å²) >= 11 is 0. The number of carbonyl (C=O) groups excluding carboxylic acids is 2. The van der Waals surface area contributed by atoms with Gasteiger partial charge >= 0.3 is 5.97 Å². The summed E-state index contributed by atoms with van der Waals surface area (Å²) in [5, 5.41) is 3.93. The first-order valence-electron chi connectivity index (χ1n) is 9.90. The number of ether oxygens (including phenoxy) is 4. The van der Waals surface area contributed by atoms with Crippen LogP contribution < -0.4 is 24.4 Å². The first-order valence-corrected chi connectivity index (χ1v) is 9.90. The maximum absolute atomic E-state index is 13.3. The van der Waals surface area contributed by atoms with Gasteiger partial charge in [0, 0.05) is 0 Å². The molecule has 1 N–H and O–H groups in total. The molecule has 1 heterocycles. The zero-order valence-corrected chi connectivity index (χ0v) is 17.5. The number of benzene rings is 3. The van der Waals surface area contributed by atoms with E-state index in [4.69, 9.17) is 18.9 Å². The van der Waals surface area contributed by atoms with Crippen LogP contribution in [0.4, 0.5) is 4.39 Å². The second kappa shape index (κ2) is 9.82. The Labute approximate surface area is 188 Å².